The zero-order valence-corrected chi connectivity index (χ0v) is 14.6. The van der Waals surface area contributed by atoms with Crippen LogP contribution >= 0.6 is 0 Å². The van der Waals surface area contributed by atoms with E-state index in [0.29, 0.717) is 5.92 Å². The number of hydrogen-bond donors (Lipinski definition) is 1. The quantitative estimate of drug-likeness (QED) is 0.719. The summed E-state index contributed by atoms with van der Waals surface area (Å²) in [7, 11) is 0. The van der Waals surface area contributed by atoms with Gasteiger partial charge in [0.15, 0.2) is 0 Å². The maximum atomic E-state index is 3.56. The molecule has 0 amide bonds. The summed E-state index contributed by atoms with van der Waals surface area (Å²) in [4.78, 5) is 0. The largest absolute Gasteiger partial charge is 0.384 e. The third-order valence-corrected chi connectivity index (χ3v) is 4.31. The fourth-order valence-corrected chi connectivity index (χ4v) is 2.69. The highest BCUT2D eigenvalue weighted by atomic mass is 14.9. The van der Waals surface area contributed by atoms with Crippen molar-refractivity contribution in [1.82, 2.24) is 0 Å². The van der Waals surface area contributed by atoms with Crippen LogP contribution in [0.3, 0.4) is 0 Å². The van der Waals surface area contributed by atoms with Crippen molar-refractivity contribution in [2.45, 2.75) is 47.0 Å². The summed E-state index contributed by atoms with van der Waals surface area (Å²) >= 11 is 0. The Hall–Kier alpha value is -1.76. The van der Waals surface area contributed by atoms with Crippen molar-refractivity contribution in [3.05, 3.63) is 64.7 Å². The van der Waals surface area contributed by atoms with Crippen LogP contribution in [0.1, 0.15) is 48.9 Å². The Balaban J connectivity index is 1.93. The van der Waals surface area contributed by atoms with E-state index >= 15 is 0 Å². The van der Waals surface area contributed by atoms with E-state index in [1.807, 2.05) is 0 Å². The molecule has 2 aromatic carbocycles. The molecule has 0 saturated carbocycles. The normalized spacial score (nSPS) is 12.5. The van der Waals surface area contributed by atoms with Gasteiger partial charge >= 0.3 is 0 Å². The molecule has 1 nitrogen and oxygen atoms in total. The zero-order chi connectivity index (χ0) is 16.1. The minimum Gasteiger partial charge on any atom is -0.384 e. The number of nitrogens with one attached hydrogen (secondary N) is 1. The van der Waals surface area contributed by atoms with Crippen molar-refractivity contribution < 1.29 is 0 Å². The first-order chi connectivity index (χ1) is 10.5. The minimum atomic E-state index is 0.509. The van der Waals surface area contributed by atoms with Gasteiger partial charge in [0, 0.05) is 12.2 Å². The molecule has 1 unspecified atom stereocenters. The molecule has 0 aliphatic rings. The first kappa shape index (κ1) is 16.6. The topological polar surface area (TPSA) is 12.0 Å². The van der Waals surface area contributed by atoms with Gasteiger partial charge in [-0.25, -0.2) is 0 Å². The van der Waals surface area contributed by atoms with Crippen LogP contribution in [0.15, 0.2) is 42.5 Å². The Kier molecular flexibility index (Phi) is 5.65. The molecule has 0 aliphatic heterocycles. The summed E-state index contributed by atoms with van der Waals surface area (Å²) < 4.78 is 0. The number of hydrogen-bond acceptors (Lipinski definition) is 1. The second kappa shape index (κ2) is 7.49. The van der Waals surface area contributed by atoms with Gasteiger partial charge in [-0.3, -0.25) is 0 Å². The second-order valence-electron chi connectivity index (χ2n) is 6.92. The van der Waals surface area contributed by atoms with Crippen LogP contribution in [-0.2, 0) is 6.42 Å². The van der Waals surface area contributed by atoms with Crippen LogP contribution in [0.4, 0.5) is 5.69 Å². The Bertz CT molecular complexity index is 596. The van der Waals surface area contributed by atoms with Crippen molar-refractivity contribution >= 4 is 5.69 Å². The molecule has 0 aromatic heterocycles. The Morgan fingerprint density at radius 3 is 2.14 bits per heavy atom. The SMILES string of the molecule is Cc1ccc(NCC(C)c2ccc(CC(C)C)cc2)cc1C. The fraction of sp³-hybridized carbons (Fsp3) is 0.429. The van der Waals surface area contributed by atoms with Crippen LogP contribution in [0, 0.1) is 19.8 Å². The molecule has 0 radical (unpaired) electrons. The monoisotopic (exact) mass is 295 g/mol. The molecular weight excluding hydrogens is 266 g/mol. The summed E-state index contributed by atoms with van der Waals surface area (Å²) in [5.41, 5.74) is 6.75. The van der Waals surface area contributed by atoms with Gasteiger partial charge in [0.25, 0.3) is 0 Å². The average molecular weight is 295 g/mol. The van der Waals surface area contributed by atoms with E-state index < -0.39 is 0 Å². The number of anilines is 1. The molecule has 1 atom stereocenters. The molecule has 2 rings (SSSR count). The fourth-order valence-electron chi connectivity index (χ4n) is 2.69. The molecule has 118 valence electrons. The smallest absolute Gasteiger partial charge is 0.0343 e. The van der Waals surface area contributed by atoms with Crippen LogP contribution < -0.4 is 5.32 Å². The lowest BCUT2D eigenvalue weighted by Crippen LogP contribution is -2.10. The summed E-state index contributed by atoms with van der Waals surface area (Å²) in [6.07, 6.45) is 1.16. The van der Waals surface area contributed by atoms with E-state index in [9.17, 15) is 0 Å². The van der Waals surface area contributed by atoms with E-state index in [1.165, 1.54) is 27.9 Å². The van der Waals surface area contributed by atoms with Crippen LogP contribution in [0.25, 0.3) is 0 Å². The Labute approximate surface area is 135 Å². The van der Waals surface area contributed by atoms with E-state index in [1.54, 1.807) is 0 Å². The van der Waals surface area contributed by atoms with E-state index in [4.69, 9.17) is 0 Å². The molecule has 0 bridgehead atoms. The number of benzene rings is 2. The molecule has 1 N–H and O–H groups in total. The minimum absolute atomic E-state index is 0.509. The average Bonchev–Trinajstić information content (AvgIpc) is 2.48. The highest BCUT2D eigenvalue weighted by Crippen LogP contribution is 2.20. The van der Waals surface area contributed by atoms with Crippen LogP contribution in [-0.4, -0.2) is 6.54 Å². The highest BCUT2D eigenvalue weighted by molar-refractivity contribution is 5.48. The number of aryl methyl sites for hydroxylation is 2. The third kappa shape index (κ3) is 4.62. The third-order valence-electron chi connectivity index (χ3n) is 4.31. The van der Waals surface area contributed by atoms with Gasteiger partial charge in [-0.05, 0) is 66.5 Å². The summed E-state index contributed by atoms with van der Waals surface area (Å²) in [5, 5.41) is 3.56. The maximum absolute atomic E-state index is 3.56. The highest BCUT2D eigenvalue weighted by Gasteiger charge is 2.06. The van der Waals surface area contributed by atoms with Gasteiger partial charge in [0.05, 0.1) is 0 Å². The maximum Gasteiger partial charge on any atom is 0.0343 e. The second-order valence-corrected chi connectivity index (χ2v) is 6.92. The molecule has 2 aromatic rings. The number of rotatable bonds is 6. The Morgan fingerprint density at radius 1 is 0.864 bits per heavy atom. The lowest BCUT2D eigenvalue weighted by Gasteiger charge is -2.16. The predicted octanol–water partition coefficient (Wildman–Crippen LogP) is 5.72. The van der Waals surface area contributed by atoms with Gasteiger partial charge in [0.2, 0.25) is 0 Å². The van der Waals surface area contributed by atoms with Crippen molar-refractivity contribution in [2.75, 3.05) is 11.9 Å². The standard InChI is InChI=1S/C21H29N/c1-15(2)12-19-7-9-20(10-8-19)18(5)14-22-21-11-6-16(3)17(4)13-21/h6-11,13,15,18,22H,12,14H2,1-5H3. The molecule has 22 heavy (non-hydrogen) atoms. The van der Waals surface area contributed by atoms with E-state index in [0.717, 1.165) is 18.9 Å². The lowest BCUT2D eigenvalue weighted by atomic mass is 9.96. The van der Waals surface area contributed by atoms with Crippen LogP contribution in [0.5, 0.6) is 0 Å². The molecule has 0 aliphatic carbocycles. The molecule has 0 heterocycles. The molecular formula is C21H29N. The lowest BCUT2D eigenvalue weighted by molar-refractivity contribution is 0.647. The molecule has 0 saturated heterocycles. The summed E-state index contributed by atoms with van der Waals surface area (Å²) in [5.74, 6) is 1.23. The zero-order valence-electron chi connectivity index (χ0n) is 14.6. The van der Waals surface area contributed by atoms with Crippen molar-refractivity contribution in [3.8, 4) is 0 Å². The molecule has 1 heteroatoms. The van der Waals surface area contributed by atoms with Gasteiger partial charge < -0.3 is 5.32 Å². The summed E-state index contributed by atoms with van der Waals surface area (Å²) in [6, 6.07) is 15.7. The van der Waals surface area contributed by atoms with E-state index in [2.05, 4.69) is 82.4 Å². The van der Waals surface area contributed by atoms with Gasteiger partial charge in [-0.15, -0.1) is 0 Å². The predicted molar refractivity (Wildman–Crippen MR) is 97.8 cm³/mol. The van der Waals surface area contributed by atoms with Gasteiger partial charge in [0.1, 0.15) is 0 Å². The van der Waals surface area contributed by atoms with Crippen LogP contribution in [0.2, 0.25) is 0 Å². The van der Waals surface area contributed by atoms with Crippen molar-refractivity contribution in [1.29, 1.82) is 0 Å². The van der Waals surface area contributed by atoms with Gasteiger partial charge in [-0.2, -0.15) is 0 Å². The van der Waals surface area contributed by atoms with Gasteiger partial charge in [-0.1, -0.05) is 51.1 Å². The molecule has 0 fully saturated rings. The van der Waals surface area contributed by atoms with E-state index in [-0.39, 0.29) is 0 Å². The first-order valence-electron chi connectivity index (χ1n) is 8.35. The molecule has 0 spiro atoms. The van der Waals surface area contributed by atoms with Crippen molar-refractivity contribution in [2.24, 2.45) is 5.92 Å². The Morgan fingerprint density at radius 2 is 1.55 bits per heavy atom. The summed E-state index contributed by atoms with van der Waals surface area (Å²) in [6.45, 7) is 12.1. The first-order valence-corrected chi connectivity index (χ1v) is 8.35. The van der Waals surface area contributed by atoms with Crippen molar-refractivity contribution in [3.63, 3.8) is 0 Å².